The fourth-order valence-electron chi connectivity index (χ4n) is 1.76. The Kier molecular flexibility index (Phi) is 4.29. The molecule has 92 valence electrons. The lowest BCUT2D eigenvalue weighted by molar-refractivity contribution is -0.129. The van der Waals surface area contributed by atoms with Crippen LogP contribution in [0.4, 0.5) is 0 Å². The maximum Gasteiger partial charge on any atom is 0.237 e. The summed E-state index contributed by atoms with van der Waals surface area (Å²) in [7, 11) is 1.60. The van der Waals surface area contributed by atoms with Crippen molar-refractivity contribution in [1.82, 2.24) is 16.0 Å². The van der Waals surface area contributed by atoms with Crippen LogP contribution in [0.2, 0.25) is 0 Å². The highest BCUT2D eigenvalue weighted by atomic mass is 16.2. The zero-order valence-corrected chi connectivity index (χ0v) is 10.2. The number of nitrogens with one attached hydrogen (secondary N) is 3. The minimum atomic E-state index is -0.566. The lowest BCUT2D eigenvalue weighted by atomic mass is 9.92. The third-order valence-electron chi connectivity index (χ3n) is 2.92. The van der Waals surface area contributed by atoms with Crippen molar-refractivity contribution in [2.45, 2.75) is 32.7 Å². The topological polar surface area (TPSA) is 70.2 Å². The molecule has 1 saturated heterocycles. The Labute approximate surface area is 96.4 Å². The largest absolute Gasteiger partial charge is 0.359 e. The molecule has 1 heterocycles. The van der Waals surface area contributed by atoms with Gasteiger partial charge < -0.3 is 16.0 Å². The van der Waals surface area contributed by atoms with E-state index >= 15 is 0 Å². The smallest absolute Gasteiger partial charge is 0.237 e. The Balaban J connectivity index is 2.38. The Morgan fingerprint density at radius 3 is 2.62 bits per heavy atom. The number of carbonyl (C=O) groups excluding carboxylic acids is 2. The Morgan fingerprint density at radius 2 is 2.12 bits per heavy atom. The first-order valence-electron chi connectivity index (χ1n) is 5.70. The van der Waals surface area contributed by atoms with Crippen LogP contribution in [0.25, 0.3) is 0 Å². The van der Waals surface area contributed by atoms with Gasteiger partial charge in [0.15, 0.2) is 0 Å². The highest BCUT2D eigenvalue weighted by Crippen LogP contribution is 2.13. The minimum Gasteiger partial charge on any atom is -0.359 e. The molecule has 3 N–H and O–H groups in total. The fourth-order valence-corrected chi connectivity index (χ4v) is 1.76. The van der Waals surface area contributed by atoms with E-state index < -0.39 is 5.41 Å². The molecule has 0 aromatic heterocycles. The second-order valence-electron chi connectivity index (χ2n) is 4.83. The van der Waals surface area contributed by atoms with Gasteiger partial charge in [0.2, 0.25) is 11.8 Å². The lowest BCUT2D eigenvalue weighted by Gasteiger charge is -2.23. The molecule has 0 saturated carbocycles. The van der Waals surface area contributed by atoms with Gasteiger partial charge in [0.05, 0.1) is 11.5 Å². The van der Waals surface area contributed by atoms with E-state index in [1.165, 1.54) is 0 Å². The molecule has 5 nitrogen and oxygen atoms in total. The van der Waals surface area contributed by atoms with Crippen molar-refractivity contribution in [3.05, 3.63) is 0 Å². The molecule has 0 aliphatic carbocycles. The molecule has 0 aromatic rings. The first kappa shape index (κ1) is 13.0. The maximum absolute atomic E-state index is 11.7. The molecule has 1 aliphatic rings. The van der Waals surface area contributed by atoms with Crippen LogP contribution in [0.3, 0.4) is 0 Å². The monoisotopic (exact) mass is 227 g/mol. The second-order valence-corrected chi connectivity index (χ2v) is 4.83. The van der Waals surface area contributed by atoms with Gasteiger partial charge in [0.25, 0.3) is 0 Å². The lowest BCUT2D eigenvalue weighted by Crippen LogP contribution is -2.48. The molecule has 0 unspecified atom stereocenters. The molecule has 0 radical (unpaired) electrons. The van der Waals surface area contributed by atoms with Crippen molar-refractivity contribution in [2.24, 2.45) is 5.41 Å². The highest BCUT2D eigenvalue weighted by molar-refractivity contribution is 5.85. The summed E-state index contributed by atoms with van der Waals surface area (Å²) in [5.41, 5.74) is -0.566. The molecular weight excluding hydrogens is 206 g/mol. The van der Waals surface area contributed by atoms with Gasteiger partial charge in [0, 0.05) is 13.6 Å². The SMILES string of the molecule is CNC(=O)C(C)(C)CNC(=O)[C@@H]1CCCN1. The summed E-state index contributed by atoms with van der Waals surface area (Å²) in [6.07, 6.45) is 1.92. The van der Waals surface area contributed by atoms with Crippen molar-refractivity contribution in [3.8, 4) is 0 Å². The van der Waals surface area contributed by atoms with Crippen molar-refractivity contribution < 1.29 is 9.59 Å². The molecule has 1 aliphatic heterocycles. The minimum absolute atomic E-state index is 0.00511. The van der Waals surface area contributed by atoms with Crippen LogP contribution in [0, 0.1) is 5.41 Å². The third-order valence-corrected chi connectivity index (χ3v) is 2.92. The predicted octanol–water partition coefficient (Wildman–Crippen LogP) is -0.373. The van der Waals surface area contributed by atoms with Crippen molar-refractivity contribution in [3.63, 3.8) is 0 Å². The van der Waals surface area contributed by atoms with Crippen LogP contribution < -0.4 is 16.0 Å². The van der Waals surface area contributed by atoms with E-state index in [1.54, 1.807) is 7.05 Å². The number of amides is 2. The quantitative estimate of drug-likeness (QED) is 0.613. The zero-order chi connectivity index (χ0) is 12.2. The van der Waals surface area contributed by atoms with E-state index in [0.717, 1.165) is 19.4 Å². The molecule has 16 heavy (non-hydrogen) atoms. The average molecular weight is 227 g/mol. The molecule has 0 spiro atoms. The molecule has 0 bridgehead atoms. The van der Waals surface area contributed by atoms with Crippen molar-refractivity contribution in [2.75, 3.05) is 20.1 Å². The van der Waals surface area contributed by atoms with E-state index in [4.69, 9.17) is 0 Å². The van der Waals surface area contributed by atoms with Crippen molar-refractivity contribution >= 4 is 11.8 Å². The van der Waals surface area contributed by atoms with Gasteiger partial charge in [-0.2, -0.15) is 0 Å². The van der Waals surface area contributed by atoms with Gasteiger partial charge in [-0.15, -0.1) is 0 Å². The molecule has 1 atom stereocenters. The molecule has 5 heteroatoms. The molecule has 0 aromatic carbocycles. The average Bonchev–Trinajstić information content (AvgIpc) is 2.78. The summed E-state index contributed by atoms with van der Waals surface area (Å²) in [5, 5.41) is 8.53. The van der Waals surface area contributed by atoms with Gasteiger partial charge in [-0.3, -0.25) is 9.59 Å². The Morgan fingerprint density at radius 1 is 1.44 bits per heavy atom. The number of rotatable bonds is 4. The van der Waals surface area contributed by atoms with Crippen molar-refractivity contribution in [1.29, 1.82) is 0 Å². The van der Waals surface area contributed by atoms with Gasteiger partial charge in [-0.1, -0.05) is 0 Å². The Hall–Kier alpha value is -1.10. The van der Waals surface area contributed by atoms with Crippen LogP contribution in [-0.2, 0) is 9.59 Å². The van der Waals surface area contributed by atoms with E-state index in [9.17, 15) is 9.59 Å². The van der Waals surface area contributed by atoms with E-state index in [-0.39, 0.29) is 17.9 Å². The van der Waals surface area contributed by atoms with Crippen LogP contribution in [-0.4, -0.2) is 38.0 Å². The van der Waals surface area contributed by atoms with Gasteiger partial charge >= 0.3 is 0 Å². The summed E-state index contributed by atoms with van der Waals surface area (Å²) < 4.78 is 0. The van der Waals surface area contributed by atoms with Crippen LogP contribution in [0.5, 0.6) is 0 Å². The normalized spacial score (nSPS) is 20.6. The Bertz CT molecular complexity index is 270. The molecule has 1 rings (SSSR count). The third kappa shape index (κ3) is 3.20. The van der Waals surface area contributed by atoms with E-state index in [0.29, 0.717) is 6.54 Å². The first-order chi connectivity index (χ1) is 7.47. The summed E-state index contributed by atoms with van der Waals surface area (Å²) >= 11 is 0. The summed E-state index contributed by atoms with van der Waals surface area (Å²) in [6, 6.07) is -0.0829. The van der Waals surface area contributed by atoms with E-state index in [2.05, 4.69) is 16.0 Å². The molecule has 2 amide bonds. The van der Waals surface area contributed by atoms with Gasteiger partial charge in [-0.25, -0.2) is 0 Å². The molecular formula is C11H21N3O2. The first-order valence-corrected chi connectivity index (χ1v) is 5.70. The standard InChI is InChI=1S/C11H21N3O2/c1-11(2,10(16)12-3)7-14-9(15)8-5-4-6-13-8/h8,13H,4-7H2,1-3H3,(H,12,16)(H,14,15)/t8-/m0/s1. The zero-order valence-electron chi connectivity index (χ0n) is 10.2. The van der Waals surface area contributed by atoms with Crippen LogP contribution in [0.15, 0.2) is 0 Å². The summed E-state index contributed by atoms with van der Waals surface area (Å²) in [5.74, 6) is -0.0679. The number of hydrogen-bond acceptors (Lipinski definition) is 3. The predicted molar refractivity (Wildman–Crippen MR) is 61.9 cm³/mol. The van der Waals surface area contributed by atoms with Crippen LogP contribution in [0.1, 0.15) is 26.7 Å². The fraction of sp³-hybridized carbons (Fsp3) is 0.818. The van der Waals surface area contributed by atoms with Gasteiger partial charge in [-0.05, 0) is 33.2 Å². The van der Waals surface area contributed by atoms with Crippen LogP contribution >= 0.6 is 0 Å². The van der Waals surface area contributed by atoms with E-state index in [1.807, 2.05) is 13.8 Å². The molecule has 1 fully saturated rings. The highest BCUT2D eigenvalue weighted by Gasteiger charge is 2.29. The number of carbonyl (C=O) groups is 2. The maximum atomic E-state index is 11.7. The summed E-state index contributed by atoms with van der Waals surface area (Å²) in [4.78, 5) is 23.2. The van der Waals surface area contributed by atoms with Gasteiger partial charge in [0.1, 0.15) is 0 Å². The summed E-state index contributed by atoms with van der Waals surface area (Å²) in [6.45, 7) is 4.89. The second kappa shape index (κ2) is 5.30. The number of hydrogen-bond donors (Lipinski definition) is 3.